The summed E-state index contributed by atoms with van der Waals surface area (Å²) in [5.74, 6) is 0. The van der Waals surface area contributed by atoms with Crippen LogP contribution in [0.4, 0.5) is 0 Å². The number of aromatic amines is 2. The Morgan fingerprint density at radius 1 is 0.704 bits per heavy atom. The molecule has 136 valence electrons. The van der Waals surface area contributed by atoms with Gasteiger partial charge in [0.2, 0.25) is 0 Å². The maximum atomic E-state index is 4.81. The second-order valence-electron chi connectivity index (χ2n) is 6.56. The van der Waals surface area contributed by atoms with Crippen LogP contribution < -0.4 is 0 Å². The summed E-state index contributed by atoms with van der Waals surface area (Å²) in [6.07, 6.45) is 7.18. The van der Waals surface area contributed by atoms with Crippen molar-refractivity contribution in [1.82, 2.24) is 19.9 Å². The molecule has 0 aliphatic carbocycles. The summed E-state index contributed by atoms with van der Waals surface area (Å²) < 4.78 is 0. The molecular formula is C22H18N4Ni. The minimum Gasteiger partial charge on any atom is -0.355 e. The smallest absolute Gasteiger partial charge is 0.0690 e. The minimum atomic E-state index is 0. The molecule has 0 amide bonds. The van der Waals surface area contributed by atoms with Crippen molar-refractivity contribution >= 4 is 45.9 Å². The van der Waals surface area contributed by atoms with Crippen molar-refractivity contribution in [2.45, 2.75) is 13.3 Å². The molecule has 3 aromatic rings. The zero-order valence-electron chi connectivity index (χ0n) is 14.8. The van der Waals surface area contributed by atoms with Gasteiger partial charge in [-0.2, -0.15) is 0 Å². The summed E-state index contributed by atoms with van der Waals surface area (Å²) in [5.41, 5.74) is 9.28. The van der Waals surface area contributed by atoms with E-state index in [2.05, 4.69) is 76.5 Å². The summed E-state index contributed by atoms with van der Waals surface area (Å²) in [6.45, 7) is 2.16. The number of nitrogens with zero attached hydrogens (tertiary/aromatic N) is 2. The Hall–Kier alpha value is -2.91. The fourth-order valence-corrected chi connectivity index (χ4v) is 3.35. The topological polar surface area (TPSA) is 57.4 Å². The van der Waals surface area contributed by atoms with E-state index in [1.807, 2.05) is 12.2 Å². The number of H-pyrrole nitrogens is 2. The zero-order chi connectivity index (χ0) is 17.5. The third-order valence-corrected chi connectivity index (χ3v) is 4.63. The van der Waals surface area contributed by atoms with Gasteiger partial charge in [-0.1, -0.05) is 6.92 Å². The number of hydrogen-bond donors (Lipinski definition) is 2. The number of aromatic nitrogens is 4. The van der Waals surface area contributed by atoms with E-state index in [1.54, 1.807) is 0 Å². The number of hydrogen-bond acceptors (Lipinski definition) is 2. The van der Waals surface area contributed by atoms with Crippen molar-refractivity contribution in [3.8, 4) is 0 Å². The van der Waals surface area contributed by atoms with Gasteiger partial charge in [-0.05, 0) is 78.8 Å². The zero-order valence-corrected chi connectivity index (χ0v) is 15.8. The molecule has 2 aliphatic heterocycles. The molecule has 5 heteroatoms. The summed E-state index contributed by atoms with van der Waals surface area (Å²) in [4.78, 5) is 16.3. The van der Waals surface area contributed by atoms with Crippen molar-refractivity contribution in [1.29, 1.82) is 0 Å². The molecule has 8 bridgehead atoms. The third kappa shape index (κ3) is 3.51. The molecule has 0 fully saturated rings. The molecule has 27 heavy (non-hydrogen) atoms. The van der Waals surface area contributed by atoms with Gasteiger partial charge in [0.25, 0.3) is 0 Å². The molecule has 0 saturated heterocycles. The first-order chi connectivity index (χ1) is 12.7. The number of nitrogens with one attached hydrogen (secondary N) is 2. The molecule has 5 heterocycles. The van der Waals surface area contributed by atoms with E-state index in [9.17, 15) is 0 Å². The molecule has 5 rings (SSSR count). The quantitative estimate of drug-likeness (QED) is 0.421. The molecule has 2 N–H and O–H groups in total. The molecule has 0 radical (unpaired) electrons. The number of rotatable bonds is 1. The predicted octanol–water partition coefficient (Wildman–Crippen LogP) is 5.43. The molecule has 0 unspecified atom stereocenters. The van der Waals surface area contributed by atoms with Crippen LogP contribution in [-0.4, -0.2) is 19.9 Å². The van der Waals surface area contributed by atoms with E-state index in [-0.39, 0.29) is 16.5 Å². The molecule has 0 spiro atoms. The normalized spacial score (nSPS) is 12.6. The molecular weight excluding hydrogens is 379 g/mol. The van der Waals surface area contributed by atoms with Gasteiger partial charge < -0.3 is 9.97 Å². The monoisotopic (exact) mass is 396 g/mol. The Morgan fingerprint density at radius 3 is 1.78 bits per heavy atom. The Kier molecular flexibility index (Phi) is 4.55. The first-order valence-electron chi connectivity index (χ1n) is 8.82. The maximum absolute atomic E-state index is 4.81. The molecule has 0 aromatic carbocycles. The van der Waals surface area contributed by atoms with Gasteiger partial charge in [-0.25, -0.2) is 9.97 Å². The SMILES string of the molecule is CCC1=Cc2cc3ccc(cc4nc(cc5ccc(cc1n2)[nH]5)C=C4)[nH]3.[Ni]. The van der Waals surface area contributed by atoms with Crippen LogP contribution in [0, 0.1) is 0 Å². The summed E-state index contributed by atoms with van der Waals surface area (Å²) in [6, 6.07) is 16.6. The van der Waals surface area contributed by atoms with Crippen molar-refractivity contribution in [2.24, 2.45) is 0 Å². The van der Waals surface area contributed by atoms with Gasteiger partial charge in [0.05, 0.1) is 22.8 Å². The van der Waals surface area contributed by atoms with Gasteiger partial charge in [0.1, 0.15) is 0 Å². The van der Waals surface area contributed by atoms with E-state index in [0.717, 1.165) is 51.3 Å². The van der Waals surface area contributed by atoms with Crippen LogP contribution >= 0.6 is 0 Å². The van der Waals surface area contributed by atoms with Crippen LogP contribution in [0.25, 0.3) is 45.9 Å². The molecule has 0 atom stereocenters. The maximum Gasteiger partial charge on any atom is 0.0690 e. The van der Waals surface area contributed by atoms with Gasteiger partial charge in [0.15, 0.2) is 0 Å². The third-order valence-electron chi connectivity index (χ3n) is 4.63. The van der Waals surface area contributed by atoms with Crippen LogP contribution in [0.5, 0.6) is 0 Å². The first-order valence-corrected chi connectivity index (χ1v) is 8.82. The summed E-state index contributed by atoms with van der Waals surface area (Å²) in [7, 11) is 0. The van der Waals surface area contributed by atoms with Crippen molar-refractivity contribution in [3.05, 3.63) is 71.3 Å². The molecule has 4 nitrogen and oxygen atoms in total. The molecule has 0 saturated carbocycles. The van der Waals surface area contributed by atoms with E-state index in [1.165, 1.54) is 5.57 Å². The standard InChI is InChI=1S/C22H18N4.Ni/c1-2-14-9-21-12-19-6-5-17(24-19)10-15-3-4-16(23-15)11-18-7-8-20(25-18)13-22(14)26-21;/h3-13,24-25H,2H2,1H3;. The van der Waals surface area contributed by atoms with Crippen LogP contribution in [0.2, 0.25) is 0 Å². The number of fused-ring (bicyclic) bond motifs is 8. The van der Waals surface area contributed by atoms with Gasteiger partial charge in [0, 0.05) is 38.6 Å². The van der Waals surface area contributed by atoms with Crippen molar-refractivity contribution in [3.63, 3.8) is 0 Å². The van der Waals surface area contributed by atoms with Gasteiger partial charge in [-0.15, -0.1) is 0 Å². The van der Waals surface area contributed by atoms with E-state index >= 15 is 0 Å². The van der Waals surface area contributed by atoms with Crippen LogP contribution in [-0.2, 0) is 16.5 Å². The van der Waals surface area contributed by atoms with Crippen LogP contribution in [0.1, 0.15) is 36.1 Å². The van der Waals surface area contributed by atoms with E-state index in [4.69, 9.17) is 4.98 Å². The molecule has 2 aliphatic rings. The summed E-state index contributed by atoms with van der Waals surface area (Å²) in [5, 5.41) is 0. The molecule has 3 aromatic heterocycles. The Morgan fingerprint density at radius 2 is 1.22 bits per heavy atom. The van der Waals surface area contributed by atoms with Gasteiger partial charge >= 0.3 is 0 Å². The number of allylic oxidation sites excluding steroid dienone is 1. The largest absolute Gasteiger partial charge is 0.355 e. The Bertz CT molecular complexity index is 1230. The van der Waals surface area contributed by atoms with E-state index < -0.39 is 0 Å². The Labute approximate surface area is 167 Å². The first kappa shape index (κ1) is 17.5. The van der Waals surface area contributed by atoms with Crippen molar-refractivity contribution < 1.29 is 16.5 Å². The predicted molar refractivity (Wildman–Crippen MR) is 108 cm³/mol. The summed E-state index contributed by atoms with van der Waals surface area (Å²) >= 11 is 0. The van der Waals surface area contributed by atoms with Crippen molar-refractivity contribution in [2.75, 3.05) is 0 Å². The fraction of sp³-hybridized carbons (Fsp3) is 0.0909. The van der Waals surface area contributed by atoms with Crippen LogP contribution in [0.3, 0.4) is 0 Å². The Balaban J connectivity index is 0.00000180. The second-order valence-corrected chi connectivity index (χ2v) is 6.56. The van der Waals surface area contributed by atoms with E-state index in [0.29, 0.717) is 0 Å². The fourth-order valence-electron chi connectivity index (χ4n) is 3.35. The average molecular weight is 397 g/mol. The van der Waals surface area contributed by atoms with Crippen LogP contribution in [0.15, 0.2) is 48.5 Å². The second kappa shape index (κ2) is 7.01. The minimum absolute atomic E-state index is 0. The van der Waals surface area contributed by atoms with Gasteiger partial charge in [-0.3, -0.25) is 0 Å². The average Bonchev–Trinajstić information content (AvgIpc) is 3.39.